The van der Waals surface area contributed by atoms with E-state index in [1.807, 2.05) is 0 Å². The van der Waals surface area contributed by atoms with Crippen molar-refractivity contribution in [2.45, 2.75) is 6.42 Å². The summed E-state index contributed by atoms with van der Waals surface area (Å²) in [7, 11) is 0. The van der Waals surface area contributed by atoms with Crippen molar-refractivity contribution < 1.29 is 0 Å². The lowest BCUT2D eigenvalue weighted by Gasteiger charge is -2.12. The summed E-state index contributed by atoms with van der Waals surface area (Å²) in [4.78, 5) is 0. The molecule has 2 atom stereocenters. The van der Waals surface area contributed by atoms with Crippen molar-refractivity contribution >= 4 is 5.69 Å². The predicted octanol–water partition coefficient (Wildman–Crippen LogP) is 4.86. The van der Waals surface area contributed by atoms with Gasteiger partial charge >= 0.3 is 0 Å². The molecule has 1 unspecified atom stereocenters. The first-order valence-electron chi connectivity index (χ1n) is 7.21. The average Bonchev–Trinajstić information content (AvgIpc) is 3.30. The second kappa shape index (κ2) is 4.68. The van der Waals surface area contributed by atoms with Gasteiger partial charge in [0.15, 0.2) is 0 Å². The number of hydrogen-bond acceptors (Lipinski definition) is 1. The van der Waals surface area contributed by atoms with Crippen LogP contribution in [0.3, 0.4) is 0 Å². The number of rotatable bonds is 3. The second-order valence-electron chi connectivity index (χ2n) is 5.58. The van der Waals surface area contributed by atoms with Crippen molar-refractivity contribution in [3.05, 3.63) is 78.5 Å². The first-order valence-corrected chi connectivity index (χ1v) is 7.21. The molecule has 1 N–H and O–H groups in total. The van der Waals surface area contributed by atoms with E-state index in [2.05, 4.69) is 78.1 Å². The minimum absolute atomic E-state index is 0.730. The van der Waals surface area contributed by atoms with Gasteiger partial charge in [0.1, 0.15) is 0 Å². The van der Waals surface area contributed by atoms with Crippen molar-refractivity contribution in [3.8, 4) is 11.1 Å². The van der Waals surface area contributed by atoms with Crippen LogP contribution in [0.2, 0.25) is 0 Å². The third-order valence-corrected chi connectivity index (χ3v) is 4.15. The Labute approximate surface area is 119 Å². The maximum Gasteiger partial charge on any atom is 0.0382 e. The molecule has 0 aliphatic heterocycles. The Morgan fingerprint density at radius 1 is 0.850 bits per heavy atom. The van der Waals surface area contributed by atoms with E-state index in [-0.39, 0.29) is 0 Å². The van der Waals surface area contributed by atoms with Crippen LogP contribution in [0.25, 0.3) is 11.1 Å². The number of nitrogens with one attached hydrogen (secondary N) is 1. The molecule has 2 aromatic rings. The molecule has 4 rings (SSSR count). The van der Waals surface area contributed by atoms with E-state index in [0.717, 1.165) is 11.8 Å². The van der Waals surface area contributed by atoms with Gasteiger partial charge in [0, 0.05) is 17.3 Å². The quantitative estimate of drug-likeness (QED) is 0.830. The summed E-state index contributed by atoms with van der Waals surface area (Å²) in [5.41, 5.74) is 5.07. The zero-order chi connectivity index (χ0) is 13.4. The smallest absolute Gasteiger partial charge is 0.0382 e. The van der Waals surface area contributed by atoms with Gasteiger partial charge in [0.2, 0.25) is 0 Å². The molecule has 20 heavy (non-hydrogen) atoms. The van der Waals surface area contributed by atoms with E-state index in [1.165, 1.54) is 28.9 Å². The van der Waals surface area contributed by atoms with Crippen LogP contribution in [0, 0.1) is 11.8 Å². The van der Waals surface area contributed by atoms with Crippen LogP contribution in [0.4, 0.5) is 5.69 Å². The van der Waals surface area contributed by atoms with Crippen LogP contribution < -0.4 is 5.32 Å². The van der Waals surface area contributed by atoms with Gasteiger partial charge in [-0.05, 0) is 41.7 Å². The first-order chi connectivity index (χ1) is 9.90. The molecule has 0 aromatic heterocycles. The Hall–Kier alpha value is -2.28. The molecule has 0 spiro atoms. The molecule has 2 aliphatic rings. The van der Waals surface area contributed by atoms with E-state index in [9.17, 15) is 0 Å². The molecule has 98 valence electrons. The van der Waals surface area contributed by atoms with Crippen molar-refractivity contribution in [2.75, 3.05) is 5.32 Å². The number of benzene rings is 2. The highest BCUT2D eigenvalue weighted by Gasteiger charge is 2.39. The molecule has 0 radical (unpaired) electrons. The van der Waals surface area contributed by atoms with Crippen molar-refractivity contribution in [1.82, 2.24) is 0 Å². The van der Waals surface area contributed by atoms with Gasteiger partial charge in [-0.3, -0.25) is 0 Å². The summed E-state index contributed by atoms with van der Waals surface area (Å²) in [5, 5.41) is 3.56. The topological polar surface area (TPSA) is 12.0 Å². The van der Waals surface area contributed by atoms with E-state index < -0.39 is 0 Å². The summed E-state index contributed by atoms with van der Waals surface area (Å²) in [6, 6.07) is 19.2. The zero-order valence-electron chi connectivity index (χ0n) is 11.3. The summed E-state index contributed by atoms with van der Waals surface area (Å²) < 4.78 is 0. The van der Waals surface area contributed by atoms with Gasteiger partial charge in [-0.25, -0.2) is 0 Å². The summed E-state index contributed by atoms with van der Waals surface area (Å²) in [5.74, 6) is 1.51. The van der Waals surface area contributed by atoms with E-state index in [1.54, 1.807) is 0 Å². The van der Waals surface area contributed by atoms with Crippen molar-refractivity contribution in [3.63, 3.8) is 0 Å². The third-order valence-electron chi connectivity index (χ3n) is 4.15. The summed E-state index contributed by atoms with van der Waals surface area (Å²) in [6.45, 7) is 0. The Bertz CT molecular complexity index is 665. The van der Waals surface area contributed by atoms with Gasteiger partial charge in [-0.2, -0.15) is 0 Å². The molecule has 0 heterocycles. The van der Waals surface area contributed by atoms with Crippen molar-refractivity contribution in [1.29, 1.82) is 0 Å². The monoisotopic (exact) mass is 259 g/mol. The Kier molecular flexibility index (Phi) is 2.70. The molecule has 1 heteroatoms. The van der Waals surface area contributed by atoms with Gasteiger partial charge in [0.05, 0.1) is 0 Å². The lowest BCUT2D eigenvalue weighted by Crippen LogP contribution is -2.04. The van der Waals surface area contributed by atoms with Gasteiger partial charge in [-0.15, -0.1) is 0 Å². The molecule has 0 bridgehead atoms. The Morgan fingerprint density at radius 3 is 2.40 bits per heavy atom. The normalized spacial score (nSPS) is 22.9. The van der Waals surface area contributed by atoms with Crippen LogP contribution in [-0.2, 0) is 0 Å². The number of anilines is 1. The van der Waals surface area contributed by atoms with Crippen LogP contribution in [-0.4, -0.2) is 0 Å². The molecule has 2 aliphatic carbocycles. The standard InChI is InChI=1S/C19H17N/c1-2-5-14(6-3-1)15-9-11-17(12-10-15)20-19-8-4-7-16-13-18(16)19/h1-12,16,18,20H,13H2/t16?,18-/m0/s1. The summed E-state index contributed by atoms with van der Waals surface area (Å²) >= 11 is 0. The van der Waals surface area contributed by atoms with E-state index in [0.29, 0.717) is 0 Å². The number of allylic oxidation sites excluding steroid dienone is 4. The Balaban J connectivity index is 1.53. The number of fused-ring (bicyclic) bond motifs is 1. The first kappa shape index (κ1) is 11.5. The average molecular weight is 259 g/mol. The minimum atomic E-state index is 0.730. The molecule has 0 saturated heterocycles. The van der Waals surface area contributed by atoms with Crippen LogP contribution in [0.1, 0.15) is 6.42 Å². The van der Waals surface area contributed by atoms with Crippen LogP contribution in [0.15, 0.2) is 78.5 Å². The molecular formula is C19H17N. The zero-order valence-corrected chi connectivity index (χ0v) is 11.3. The SMILES string of the molecule is C1=CC2C[C@@H]2C(Nc2ccc(-c3ccccc3)cc2)=C1. The molecule has 1 saturated carbocycles. The van der Waals surface area contributed by atoms with Gasteiger partial charge in [-0.1, -0.05) is 54.6 Å². The lowest BCUT2D eigenvalue weighted by atomic mass is 10.1. The van der Waals surface area contributed by atoms with E-state index in [4.69, 9.17) is 0 Å². The maximum atomic E-state index is 3.56. The second-order valence-corrected chi connectivity index (χ2v) is 5.58. The highest BCUT2D eigenvalue weighted by molar-refractivity contribution is 5.66. The molecule has 2 aromatic carbocycles. The van der Waals surface area contributed by atoms with E-state index >= 15 is 0 Å². The fraction of sp³-hybridized carbons (Fsp3) is 0.158. The molecule has 0 amide bonds. The highest BCUT2D eigenvalue weighted by atomic mass is 14.9. The Morgan fingerprint density at radius 2 is 1.60 bits per heavy atom. The fourth-order valence-corrected chi connectivity index (χ4v) is 2.89. The van der Waals surface area contributed by atoms with Crippen LogP contribution >= 0.6 is 0 Å². The van der Waals surface area contributed by atoms with Crippen molar-refractivity contribution in [2.24, 2.45) is 11.8 Å². The van der Waals surface area contributed by atoms with Gasteiger partial charge < -0.3 is 5.32 Å². The lowest BCUT2D eigenvalue weighted by molar-refractivity contribution is 0.915. The number of hydrogen-bond donors (Lipinski definition) is 1. The maximum absolute atomic E-state index is 3.56. The largest absolute Gasteiger partial charge is 0.359 e. The predicted molar refractivity (Wildman–Crippen MR) is 84.3 cm³/mol. The fourth-order valence-electron chi connectivity index (χ4n) is 2.89. The van der Waals surface area contributed by atoms with Gasteiger partial charge in [0.25, 0.3) is 0 Å². The molecule has 1 nitrogen and oxygen atoms in total. The third kappa shape index (κ3) is 2.16. The van der Waals surface area contributed by atoms with Crippen LogP contribution in [0.5, 0.6) is 0 Å². The summed E-state index contributed by atoms with van der Waals surface area (Å²) in [6.07, 6.45) is 8.00. The minimum Gasteiger partial charge on any atom is -0.359 e. The highest BCUT2D eigenvalue weighted by Crippen LogP contribution is 2.47. The molecular weight excluding hydrogens is 242 g/mol. The molecule has 1 fully saturated rings.